The Labute approximate surface area is 121 Å². The van der Waals surface area contributed by atoms with E-state index in [2.05, 4.69) is 20.4 Å². The minimum Gasteiger partial charge on any atom is -0.478 e. The van der Waals surface area contributed by atoms with Gasteiger partial charge in [-0.05, 0) is 25.2 Å². The number of rotatable bonds is 8. The summed E-state index contributed by atoms with van der Waals surface area (Å²) in [5.74, 6) is -0.551. The van der Waals surface area contributed by atoms with Crippen LogP contribution in [-0.4, -0.2) is 23.7 Å². The summed E-state index contributed by atoms with van der Waals surface area (Å²) in [4.78, 5) is 20.7. The Morgan fingerprint density at radius 1 is 1.50 bits per heavy atom. The summed E-state index contributed by atoms with van der Waals surface area (Å²) >= 11 is 0. The van der Waals surface area contributed by atoms with Gasteiger partial charge in [-0.1, -0.05) is 45.8 Å². The quantitative estimate of drug-likeness (QED) is 0.544. The predicted molar refractivity (Wildman–Crippen MR) is 79.4 cm³/mol. The number of carboxylic acid groups (broad SMARTS) is 1. The van der Waals surface area contributed by atoms with Crippen molar-refractivity contribution in [2.45, 2.75) is 52.4 Å². The molecule has 1 aliphatic rings. The summed E-state index contributed by atoms with van der Waals surface area (Å²) < 4.78 is 4.98. The third-order valence-corrected chi connectivity index (χ3v) is 3.25. The van der Waals surface area contributed by atoms with Crippen LogP contribution in [0.4, 0.5) is 0 Å². The van der Waals surface area contributed by atoms with E-state index in [0.717, 1.165) is 25.7 Å². The topological polar surface area (TPSA) is 63.6 Å². The van der Waals surface area contributed by atoms with Gasteiger partial charge in [-0.25, -0.2) is 9.59 Å². The Hall–Kier alpha value is -1.58. The van der Waals surface area contributed by atoms with E-state index in [1.807, 2.05) is 0 Å². The molecule has 0 saturated heterocycles. The summed E-state index contributed by atoms with van der Waals surface area (Å²) in [5.41, 5.74) is 0.569. The number of esters is 1. The molecule has 0 aliphatic heterocycles. The van der Waals surface area contributed by atoms with Gasteiger partial charge in [-0.3, -0.25) is 0 Å². The maximum absolute atomic E-state index is 10.8. The number of ether oxygens (including phenoxy) is 1. The molecule has 114 valence electrons. The Morgan fingerprint density at radius 3 is 2.45 bits per heavy atom. The van der Waals surface area contributed by atoms with Crippen LogP contribution >= 0.6 is 0 Å². The average molecular weight is 282 g/mol. The van der Waals surface area contributed by atoms with Crippen molar-refractivity contribution in [3.63, 3.8) is 0 Å². The largest absolute Gasteiger partial charge is 0.478 e. The van der Waals surface area contributed by atoms with Gasteiger partial charge < -0.3 is 9.84 Å². The molecule has 0 spiro atoms. The lowest BCUT2D eigenvalue weighted by Crippen LogP contribution is -2.12. The number of allylic oxidation sites excluding steroid dienone is 1. The fourth-order valence-corrected chi connectivity index (χ4v) is 1.64. The van der Waals surface area contributed by atoms with Gasteiger partial charge in [-0.15, -0.1) is 0 Å². The lowest BCUT2D eigenvalue weighted by Gasteiger charge is -2.13. The van der Waals surface area contributed by atoms with E-state index < -0.39 is 5.97 Å². The second kappa shape index (κ2) is 11.3. The van der Waals surface area contributed by atoms with E-state index in [-0.39, 0.29) is 5.97 Å². The van der Waals surface area contributed by atoms with E-state index >= 15 is 0 Å². The molecule has 0 saturated carbocycles. The van der Waals surface area contributed by atoms with Crippen LogP contribution in [0, 0.1) is 5.92 Å². The molecule has 0 heterocycles. The fourth-order valence-electron chi connectivity index (χ4n) is 1.64. The molecular formula is C16H26O4. The second-order valence-electron chi connectivity index (χ2n) is 4.82. The molecule has 4 nitrogen and oxygen atoms in total. The Balaban J connectivity index is 0.000000428. The van der Waals surface area contributed by atoms with Crippen molar-refractivity contribution in [3.8, 4) is 0 Å². The first-order chi connectivity index (χ1) is 9.54. The van der Waals surface area contributed by atoms with Crippen molar-refractivity contribution < 1.29 is 19.4 Å². The van der Waals surface area contributed by atoms with Crippen molar-refractivity contribution in [1.82, 2.24) is 0 Å². The molecule has 0 bridgehead atoms. The predicted octanol–water partition coefficient (Wildman–Crippen LogP) is 3.72. The number of hydrogen-bond donors (Lipinski definition) is 1. The van der Waals surface area contributed by atoms with E-state index in [1.54, 1.807) is 6.08 Å². The zero-order valence-electron chi connectivity index (χ0n) is 12.6. The normalized spacial score (nSPS) is 14.0. The molecule has 0 aromatic rings. The lowest BCUT2D eigenvalue weighted by molar-refractivity contribution is -0.139. The monoisotopic (exact) mass is 282 g/mol. The zero-order chi connectivity index (χ0) is 15.4. The van der Waals surface area contributed by atoms with Crippen molar-refractivity contribution in [2.24, 2.45) is 5.92 Å². The SMILES string of the molecule is C=CC(=O)OCC(CC)CCCC.O=C(O)C1=CCC1. The van der Waals surface area contributed by atoms with Crippen molar-refractivity contribution >= 4 is 11.9 Å². The number of unbranched alkanes of at least 4 members (excludes halogenated alkanes) is 1. The van der Waals surface area contributed by atoms with E-state index in [1.165, 1.54) is 18.9 Å². The van der Waals surface area contributed by atoms with Crippen molar-refractivity contribution in [2.75, 3.05) is 6.61 Å². The highest BCUT2D eigenvalue weighted by atomic mass is 16.5. The Morgan fingerprint density at radius 2 is 2.15 bits per heavy atom. The minimum atomic E-state index is -0.758. The van der Waals surface area contributed by atoms with Crippen LogP contribution < -0.4 is 0 Å². The molecule has 0 amide bonds. The summed E-state index contributed by atoms with van der Waals surface area (Å²) in [6.45, 7) is 8.19. The first-order valence-corrected chi connectivity index (χ1v) is 7.26. The summed E-state index contributed by atoms with van der Waals surface area (Å²) in [6.07, 6.45) is 9.30. The van der Waals surface area contributed by atoms with Gasteiger partial charge in [-0.2, -0.15) is 0 Å². The lowest BCUT2D eigenvalue weighted by atomic mass is 10.00. The highest BCUT2D eigenvalue weighted by Crippen LogP contribution is 2.16. The van der Waals surface area contributed by atoms with Gasteiger partial charge in [0.2, 0.25) is 0 Å². The van der Waals surface area contributed by atoms with Gasteiger partial charge in [0, 0.05) is 11.6 Å². The van der Waals surface area contributed by atoms with Crippen LogP contribution in [-0.2, 0) is 14.3 Å². The first-order valence-electron chi connectivity index (χ1n) is 7.26. The van der Waals surface area contributed by atoms with Crippen molar-refractivity contribution in [3.05, 3.63) is 24.3 Å². The number of aliphatic carboxylic acids is 1. The molecule has 1 aliphatic carbocycles. The smallest absolute Gasteiger partial charge is 0.331 e. The molecular weight excluding hydrogens is 256 g/mol. The molecule has 0 fully saturated rings. The van der Waals surface area contributed by atoms with Crippen LogP contribution in [0.2, 0.25) is 0 Å². The van der Waals surface area contributed by atoms with Crippen LogP contribution in [0.5, 0.6) is 0 Å². The third kappa shape index (κ3) is 8.51. The first kappa shape index (κ1) is 18.4. The third-order valence-electron chi connectivity index (χ3n) is 3.25. The van der Waals surface area contributed by atoms with Crippen molar-refractivity contribution in [1.29, 1.82) is 0 Å². The standard InChI is InChI=1S/C11H20O2.C5H6O2/c1-4-7-8-10(5-2)9-13-11(12)6-3;6-5(7)4-2-1-3-4/h6,10H,3-5,7-9H2,1-2H3;2H,1,3H2,(H,6,7). The maximum atomic E-state index is 10.8. The molecule has 0 aromatic carbocycles. The maximum Gasteiger partial charge on any atom is 0.331 e. The van der Waals surface area contributed by atoms with Gasteiger partial charge >= 0.3 is 11.9 Å². The highest BCUT2D eigenvalue weighted by molar-refractivity contribution is 5.87. The van der Waals surface area contributed by atoms with Crippen LogP contribution in [0.3, 0.4) is 0 Å². The molecule has 0 radical (unpaired) electrons. The van der Waals surface area contributed by atoms with Crippen LogP contribution in [0.1, 0.15) is 52.4 Å². The van der Waals surface area contributed by atoms with E-state index in [9.17, 15) is 9.59 Å². The van der Waals surface area contributed by atoms with Crippen LogP contribution in [0.15, 0.2) is 24.3 Å². The highest BCUT2D eigenvalue weighted by Gasteiger charge is 2.11. The molecule has 1 atom stereocenters. The molecule has 1 unspecified atom stereocenters. The average Bonchev–Trinajstić information content (AvgIpc) is 2.36. The minimum absolute atomic E-state index is 0.310. The van der Waals surface area contributed by atoms with Gasteiger partial charge in [0.05, 0.1) is 6.61 Å². The second-order valence-corrected chi connectivity index (χ2v) is 4.82. The number of carbonyl (C=O) groups excluding carboxylic acids is 1. The zero-order valence-corrected chi connectivity index (χ0v) is 12.6. The molecule has 1 N–H and O–H groups in total. The van der Waals surface area contributed by atoms with Crippen LogP contribution in [0.25, 0.3) is 0 Å². The molecule has 0 aromatic heterocycles. The number of carboxylic acids is 1. The van der Waals surface area contributed by atoms with E-state index in [0.29, 0.717) is 18.1 Å². The summed E-state index contributed by atoms with van der Waals surface area (Å²) in [7, 11) is 0. The number of carbonyl (C=O) groups is 2. The Bertz CT molecular complexity index is 344. The molecule has 4 heteroatoms. The summed E-state index contributed by atoms with van der Waals surface area (Å²) in [5, 5.41) is 8.16. The van der Waals surface area contributed by atoms with Gasteiger partial charge in [0.1, 0.15) is 0 Å². The van der Waals surface area contributed by atoms with Gasteiger partial charge in [0.15, 0.2) is 0 Å². The fraction of sp³-hybridized carbons (Fsp3) is 0.625. The summed E-state index contributed by atoms with van der Waals surface area (Å²) in [6, 6.07) is 0. The van der Waals surface area contributed by atoms with E-state index in [4.69, 9.17) is 9.84 Å². The molecule has 1 rings (SSSR count). The van der Waals surface area contributed by atoms with Gasteiger partial charge in [0.25, 0.3) is 0 Å². The Kier molecular flexibility index (Phi) is 10.4. The number of hydrogen-bond acceptors (Lipinski definition) is 3. The molecule has 20 heavy (non-hydrogen) atoms.